The van der Waals surface area contributed by atoms with Crippen LogP contribution in [0.2, 0.25) is 0 Å². The highest BCUT2D eigenvalue weighted by Gasteiger charge is 2.35. The van der Waals surface area contributed by atoms with Gasteiger partial charge in [-0.3, -0.25) is 9.59 Å². The van der Waals surface area contributed by atoms with Gasteiger partial charge in [-0.1, -0.05) is 0 Å². The Labute approximate surface area is 118 Å². The van der Waals surface area contributed by atoms with E-state index in [0.29, 0.717) is 13.0 Å². The van der Waals surface area contributed by atoms with Gasteiger partial charge in [-0.05, 0) is 26.2 Å². The number of Topliss-reactive ketones (excluding diaryl/α,β-unsaturated/α-hetero) is 1. The molecule has 1 aliphatic heterocycles. The largest absolute Gasteiger partial charge is 0.463 e. The molecule has 0 spiro atoms. The molecule has 1 rings (SSSR count). The average molecular weight is 281 g/mol. The number of amides is 1. The summed E-state index contributed by atoms with van der Waals surface area (Å²) in [5.41, 5.74) is 0. The van der Waals surface area contributed by atoms with Crippen LogP contribution in [-0.2, 0) is 19.1 Å². The maximum absolute atomic E-state index is 12.0. The number of terminal acetylenes is 1. The molecule has 0 aromatic rings. The van der Waals surface area contributed by atoms with Crippen molar-refractivity contribution < 1.29 is 24.2 Å². The Kier molecular flexibility index (Phi) is 6.19. The van der Waals surface area contributed by atoms with E-state index in [2.05, 4.69) is 5.92 Å². The van der Waals surface area contributed by atoms with Crippen molar-refractivity contribution in [3.05, 3.63) is 0 Å². The van der Waals surface area contributed by atoms with Crippen LogP contribution in [0.4, 0.5) is 0 Å². The Hall–Kier alpha value is -1.87. The van der Waals surface area contributed by atoms with Gasteiger partial charge in [0, 0.05) is 6.54 Å². The van der Waals surface area contributed by atoms with Crippen LogP contribution < -0.4 is 0 Å². The Morgan fingerprint density at radius 3 is 2.75 bits per heavy atom. The molecule has 0 radical (unpaired) electrons. The van der Waals surface area contributed by atoms with Gasteiger partial charge < -0.3 is 14.7 Å². The lowest BCUT2D eigenvalue weighted by Crippen LogP contribution is -2.51. The molecule has 1 fully saturated rings. The lowest BCUT2D eigenvalue weighted by molar-refractivity contribution is -0.160. The Balaban J connectivity index is 2.69. The Bertz CT molecular complexity index is 426. The molecule has 1 heterocycles. The number of nitrogens with zero attached hydrogens (tertiary/aromatic N) is 1. The highest BCUT2D eigenvalue weighted by Crippen LogP contribution is 2.19. The molecule has 1 unspecified atom stereocenters. The van der Waals surface area contributed by atoms with Crippen molar-refractivity contribution in [3.63, 3.8) is 0 Å². The number of ether oxygens (including phenoxy) is 1. The number of aliphatic hydroxyl groups excluding tert-OH is 1. The lowest BCUT2D eigenvalue weighted by Gasteiger charge is -2.33. The van der Waals surface area contributed by atoms with Gasteiger partial charge in [-0.2, -0.15) is 0 Å². The molecule has 0 aromatic carbocycles. The zero-order chi connectivity index (χ0) is 15.1. The standard InChI is InChI=1S/C14H19NO5/c1-3-10(2)9-20-14(19)11-6-4-5-7-15(11)13(18)12(17)8-16/h1,10-11,16H,4-9H2,2H3/t10-,11?/m1/s1. The first-order valence-electron chi connectivity index (χ1n) is 6.58. The number of hydrogen-bond donors (Lipinski definition) is 1. The fourth-order valence-electron chi connectivity index (χ4n) is 2.00. The van der Waals surface area contributed by atoms with Crippen LogP contribution in [0.3, 0.4) is 0 Å². The maximum atomic E-state index is 12.0. The molecule has 0 saturated carbocycles. The summed E-state index contributed by atoms with van der Waals surface area (Å²) in [6, 6.07) is -0.767. The molecule has 0 aliphatic carbocycles. The number of esters is 1. The third-order valence-corrected chi connectivity index (χ3v) is 3.18. The number of hydrogen-bond acceptors (Lipinski definition) is 5. The summed E-state index contributed by atoms with van der Waals surface area (Å²) in [6.45, 7) is 1.29. The SMILES string of the molecule is C#C[C@@H](C)COC(=O)C1CCCCN1C(=O)C(=O)CO. The monoisotopic (exact) mass is 281 g/mol. The average Bonchev–Trinajstić information content (AvgIpc) is 2.50. The molecule has 2 atom stereocenters. The van der Waals surface area contributed by atoms with E-state index in [0.717, 1.165) is 12.8 Å². The van der Waals surface area contributed by atoms with E-state index in [4.69, 9.17) is 16.3 Å². The second-order valence-corrected chi connectivity index (χ2v) is 4.79. The van der Waals surface area contributed by atoms with Gasteiger partial charge >= 0.3 is 5.97 Å². The fourth-order valence-corrected chi connectivity index (χ4v) is 2.00. The van der Waals surface area contributed by atoms with Crippen molar-refractivity contribution in [1.29, 1.82) is 0 Å². The van der Waals surface area contributed by atoms with Gasteiger partial charge in [0.25, 0.3) is 5.91 Å². The third kappa shape index (κ3) is 4.07. The van der Waals surface area contributed by atoms with Crippen molar-refractivity contribution in [1.82, 2.24) is 4.90 Å². The summed E-state index contributed by atoms with van der Waals surface area (Å²) >= 11 is 0. The van der Waals surface area contributed by atoms with Gasteiger partial charge in [0.05, 0.1) is 5.92 Å². The van der Waals surface area contributed by atoms with Gasteiger partial charge in [0.1, 0.15) is 19.3 Å². The number of piperidine rings is 1. The van der Waals surface area contributed by atoms with Crippen LogP contribution >= 0.6 is 0 Å². The van der Waals surface area contributed by atoms with Crippen molar-refractivity contribution in [2.24, 2.45) is 5.92 Å². The van der Waals surface area contributed by atoms with E-state index in [9.17, 15) is 14.4 Å². The van der Waals surface area contributed by atoms with Gasteiger partial charge in [-0.25, -0.2) is 4.79 Å². The lowest BCUT2D eigenvalue weighted by atomic mass is 10.0. The molecule has 0 aromatic heterocycles. The molecule has 1 saturated heterocycles. The molecule has 1 N–H and O–H groups in total. The predicted molar refractivity (Wildman–Crippen MR) is 70.4 cm³/mol. The highest BCUT2D eigenvalue weighted by molar-refractivity contribution is 6.36. The molecule has 20 heavy (non-hydrogen) atoms. The van der Waals surface area contributed by atoms with E-state index < -0.39 is 30.3 Å². The number of carbonyl (C=O) groups excluding carboxylic acids is 3. The maximum Gasteiger partial charge on any atom is 0.328 e. The minimum absolute atomic E-state index is 0.0851. The first kappa shape index (κ1) is 16.2. The summed E-state index contributed by atoms with van der Waals surface area (Å²) in [5, 5.41) is 8.73. The zero-order valence-electron chi connectivity index (χ0n) is 11.5. The fraction of sp³-hybridized carbons (Fsp3) is 0.643. The third-order valence-electron chi connectivity index (χ3n) is 3.18. The summed E-state index contributed by atoms with van der Waals surface area (Å²) in [5.74, 6) is -0.0627. The minimum Gasteiger partial charge on any atom is -0.463 e. The molecule has 0 bridgehead atoms. The van der Waals surface area contributed by atoms with Crippen molar-refractivity contribution in [2.75, 3.05) is 19.8 Å². The number of likely N-dealkylation sites (tertiary alicyclic amines) is 1. The number of ketones is 1. The summed E-state index contributed by atoms with van der Waals surface area (Å²) < 4.78 is 5.08. The number of rotatable bonds is 5. The number of carbonyl (C=O) groups is 3. The van der Waals surface area contributed by atoms with Crippen molar-refractivity contribution >= 4 is 17.7 Å². The summed E-state index contributed by atoms with van der Waals surface area (Å²) in [6.07, 6.45) is 7.14. The summed E-state index contributed by atoms with van der Waals surface area (Å²) in [7, 11) is 0. The van der Waals surface area contributed by atoms with E-state index in [-0.39, 0.29) is 12.5 Å². The minimum atomic E-state index is -0.915. The Morgan fingerprint density at radius 1 is 1.45 bits per heavy atom. The number of aliphatic hydroxyl groups is 1. The van der Waals surface area contributed by atoms with E-state index in [1.807, 2.05) is 0 Å². The normalized spacial score (nSPS) is 19.9. The zero-order valence-corrected chi connectivity index (χ0v) is 11.5. The van der Waals surface area contributed by atoms with Gasteiger partial charge in [0.15, 0.2) is 0 Å². The highest BCUT2D eigenvalue weighted by atomic mass is 16.5. The molecular weight excluding hydrogens is 262 g/mol. The van der Waals surface area contributed by atoms with Crippen molar-refractivity contribution in [2.45, 2.75) is 32.2 Å². The van der Waals surface area contributed by atoms with Crippen LogP contribution in [-0.4, -0.2) is 53.5 Å². The van der Waals surface area contributed by atoms with Crippen LogP contribution in [0.15, 0.2) is 0 Å². The predicted octanol–water partition coefficient (Wildman–Crippen LogP) is -0.259. The molecule has 6 nitrogen and oxygen atoms in total. The topological polar surface area (TPSA) is 83.9 Å². The van der Waals surface area contributed by atoms with Crippen LogP contribution in [0, 0.1) is 18.3 Å². The molecule has 1 aliphatic rings. The van der Waals surface area contributed by atoms with Crippen LogP contribution in [0.5, 0.6) is 0 Å². The van der Waals surface area contributed by atoms with Gasteiger partial charge in [0.2, 0.25) is 5.78 Å². The van der Waals surface area contributed by atoms with Crippen LogP contribution in [0.1, 0.15) is 26.2 Å². The molecule has 1 amide bonds. The molecular formula is C14H19NO5. The van der Waals surface area contributed by atoms with E-state index in [1.54, 1.807) is 6.92 Å². The quantitative estimate of drug-likeness (QED) is 0.426. The second kappa shape index (κ2) is 7.65. The summed E-state index contributed by atoms with van der Waals surface area (Å²) in [4.78, 5) is 36.3. The van der Waals surface area contributed by atoms with Gasteiger partial charge in [-0.15, -0.1) is 12.3 Å². The second-order valence-electron chi connectivity index (χ2n) is 4.79. The van der Waals surface area contributed by atoms with Crippen LogP contribution in [0.25, 0.3) is 0 Å². The first-order chi connectivity index (χ1) is 9.51. The van der Waals surface area contributed by atoms with Crippen molar-refractivity contribution in [3.8, 4) is 12.3 Å². The Morgan fingerprint density at radius 2 is 2.15 bits per heavy atom. The molecule has 6 heteroatoms. The van der Waals surface area contributed by atoms with E-state index in [1.165, 1.54) is 4.90 Å². The molecule has 110 valence electrons. The van der Waals surface area contributed by atoms with E-state index >= 15 is 0 Å². The first-order valence-corrected chi connectivity index (χ1v) is 6.58. The smallest absolute Gasteiger partial charge is 0.328 e.